The van der Waals surface area contributed by atoms with Crippen molar-refractivity contribution in [1.82, 2.24) is 4.90 Å². The zero-order valence-corrected chi connectivity index (χ0v) is 17.1. The lowest BCUT2D eigenvalue weighted by atomic mass is 10.1. The van der Waals surface area contributed by atoms with Crippen LogP contribution in [0.1, 0.15) is 4.88 Å². The number of nitrogens with zero attached hydrogens (tertiary/aromatic N) is 2. The molecule has 4 rings (SSSR count). The first-order valence-electron chi connectivity index (χ1n) is 8.68. The van der Waals surface area contributed by atoms with Gasteiger partial charge in [-0.15, -0.1) is 11.3 Å². The fraction of sp³-hybridized carbons (Fsp3) is 0.0909. The second-order valence-electron chi connectivity index (χ2n) is 6.17. The maximum atomic E-state index is 12.6. The number of thiophene rings is 1. The number of ether oxygens (including phenoxy) is 1. The van der Waals surface area contributed by atoms with E-state index in [2.05, 4.69) is 22.5 Å². The molecule has 2 aromatic carbocycles. The van der Waals surface area contributed by atoms with E-state index in [1.807, 2.05) is 54.6 Å². The van der Waals surface area contributed by atoms with Crippen LogP contribution in [0.2, 0.25) is 0 Å². The van der Waals surface area contributed by atoms with Crippen LogP contribution < -0.4 is 4.74 Å². The minimum Gasteiger partial charge on any atom is -0.497 e. The predicted molar refractivity (Wildman–Crippen MR) is 118 cm³/mol. The first kappa shape index (κ1) is 18.5. The third-order valence-electron chi connectivity index (χ3n) is 4.28. The minimum atomic E-state index is -0.0315. The molecule has 1 saturated heterocycles. The van der Waals surface area contributed by atoms with E-state index in [0.717, 1.165) is 27.4 Å². The molecule has 1 aromatic heterocycles. The van der Waals surface area contributed by atoms with Crippen LogP contribution in [-0.2, 0) is 4.79 Å². The quantitative estimate of drug-likeness (QED) is 0.525. The van der Waals surface area contributed by atoms with Crippen molar-refractivity contribution in [2.24, 2.45) is 4.99 Å². The van der Waals surface area contributed by atoms with Gasteiger partial charge in [0, 0.05) is 11.9 Å². The predicted octanol–water partition coefficient (Wildman–Crippen LogP) is 5.66. The fourth-order valence-electron chi connectivity index (χ4n) is 2.78. The Morgan fingerprint density at radius 3 is 2.64 bits per heavy atom. The van der Waals surface area contributed by atoms with E-state index < -0.39 is 0 Å². The summed E-state index contributed by atoms with van der Waals surface area (Å²) in [5.74, 6) is 0.796. The van der Waals surface area contributed by atoms with Crippen LogP contribution >= 0.6 is 23.1 Å². The molecule has 0 unspecified atom stereocenters. The number of rotatable bonds is 4. The average Bonchev–Trinajstić information content (AvgIpc) is 3.30. The molecule has 0 bridgehead atoms. The lowest BCUT2D eigenvalue weighted by molar-refractivity contribution is -0.121. The summed E-state index contributed by atoms with van der Waals surface area (Å²) in [7, 11) is 3.42. The molecule has 0 radical (unpaired) electrons. The van der Waals surface area contributed by atoms with Crippen LogP contribution in [0, 0.1) is 0 Å². The Morgan fingerprint density at radius 1 is 1.04 bits per heavy atom. The van der Waals surface area contributed by atoms with E-state index in [4.69, 9.17) is 4.74 Å². The number of hydrogen-bond acceptors (Lipinski definition) is 5. The molecule has 4 nitrogen and oxygen atoms in total. The maximum absolute atomic E-state index is 12.6. The number of aliphatic imine (C=N–C) groups is 1. The normalized spacial score (nSPS) is 16.9. The van der Waals surface area contributed by atoms with Gasteiger partial charge in [-0.05, 0) is 64.7 Å². The molecule has 1 aliphatic rings. The van der Waals surface area contributed by atoms with E-state index in [1.165, 1.54) is 11.8 Å². The minimum absolute atomic E-state index is 0.0315. The number of benzene rings is 2. The molecule has 0 saturated carbocycles. The van der Waals surface area contributed by atoms with E-state index >= 15 is 0 Å². The molecule has 0 spiro atoms. The standard InChI is InChI=1S/C22H18N2O2S2/c1-24-21(25)20(28-22(24)23-17-8-4-3-5-9-17)13-19-12-16(14-27-19)15-7-6-10-18(11-15)26-2/h3-14H,1-2H3/b20-13-,23-22+. The third-order valence-corrected chi connectivity index (χ3v) is 6.22. The number of carbonyl (C=O) groups is 1. The highest BCUT2D eigenvalue weighted by atomic mass is 32.2. The Labute approximate surface area is 172 Å². The molecule has 1 fully saturated rings. The lowest BCUT2D eigenvalue weighted by Gasteiger charge is -2.06. The van der Waals surface area contributed by atoms with Crippen molar-refractivity contribution in [2.45, 2.75) is 0 Å². The molecule has 1 amide bonds. The molecule has 6 heteroatoms. The van der Waals surface area contributed by atoms with Gasteiger partial charge in [0.05, 0.1) is 17.7 Å². The number of para-hydroxylation sites is 1. The summed E-state index contributed by atoms with van der Waals surface area (Å²) in [4.78, 5) is 20.5. The van der Waals surface area contributed by atoms with Crippen molar-refractivity contribution in [3.05, 3.63) is 75.8 Å². The zero-order valence-electron chi connectivity index (χ0n) is 15.5. The van der Waals surface area contributed by atoms with Gasteiger partial charge in [0.15, 0.2) is 5.17 Å². The van der Waals surface area contributed by atoms with Crippen molar-refractivity contribution in [2.75, 3.05) is 14.2 Å². The van der Waals surface area contributed by atoms with E-state index in [9.17, 15) is 4.79 Å². The number of thioether (sulfide) groups is 1. The van der Waals surface area contributed by atoms with Crippen LogP contribution in [0.5, 0.6) is 5.75 Å². The van der Waals surface area contributed by atoms with Crippen LogP contribution in [0.3, 0.4) is 0 Å². The molecular formula is C22H18N2O2S2. The number of hydrogen-bond donors (Lipinski definition) is 0. The summed E-state index contributed by atoms with van der Waals surface area (Å²) >= 11 is 3.01. The smallest absolute Gasteiger partial charge is 0.266 e. The first-order chi connectivity index (χ1) is 13.6. The van der Waals surface area contributed by atoms with Gasteiger partial charge < -0.3 is 4.74 Å². The molecule has 3 aromatic rings. The molecule has 1 aliphatic heterocycles. The summed E-state index contributed by atoms with van der Waals surface area (Å²) in [6.07, 6.45) is 1.94. The Balaban J connectivity index is 1.58. The first-order valence-corrected chi connectivity index (χ1v) is 10.4. The van der Waals surface area contributed by atoms with Gasteiger partial charge in [-0.2, -0.15) is 0 Å². The molecule has 0 aliphatic carbocycles. The number of amidine groups is 1. The molecule has 0 N–H and O–H groups in total. The topological polar surface area (TPSA) is 41.9 Å². The molecule has 28 heavy (non-hydrogen) atoms. The second kappa shape index (κ2) is 8.04. The number of amides is 1. The van der Waals surface area contributed by atoms with Crippen LogP contribution in [0.15, 0.2) is 75.9 Å². The number of likely N-dealkylation sites (N-methyl/N-ethyl adjacent to an activating group) is 1. The van der Waals surface area contributed by atoms with Crippen molar-refractivity contribution < 1.29 is 9.53 Å². The summed E-state index contributed by atoms with van der Waals surface area (Å²) in [6, 6.07) is 19.7. The second-order valence-corrected chi connectivity index (χ2v) is 8.13. The number of carbonyl (C=O) groups excluding carboxylic acids is 1. The van der Waals surface area contributed by atoms with E-state index in [0.29, 0.717) is 10.1 Å². The van der Waals surface area contributed by atoms with Gasteiger partial charge >= 0.3 is 0 Å². The third kappa shape index (κ3) is 3.88. The van der Waals surface area contributed by atoms with Gasteiger partial charge in [-0.25, -0.2) is 4.99 Å². The largest absolute Gasteiger partial charge is 0.497 e. The van der Waals surface area contributed by atoms with E-state index in [1.54, 1.807) is 30.4 Å². The SMILES string of the molecule is COc1cccc(-c2csc(/C=C3\S/C(=N/c4ccccc4)N(C)C3=O)c2)c1. The van der Waals surface area contributed by atoms with Crippen LogP contribution in [-0.4, -0.2) is 30.1 Å². The Morgan fingerprint density at radius 2 is 1.86 bits per heavy atom. The highest BCUT2D eigenvalue weighted by molar-refractivity contribution is 8.18. The maximum Gasteiger partial charge on any atom is 0.266 e. The summed E-state index contributed by atoms with van der Waals surface area (Å²) < 4.78 is 5.30. The van der Waals surface area contributed by atoms with Crippen molar-refractivity contribution >= 4 is 45.9 Å². The van der Waals surface area contributed by atoms with Gasteiger partial charge in [0.25, 0.3) is 5.91 Å². The van der Waals surface area contributed by atoms with Crippen LogP contribution in [0.25, 0.3) is 17.2 Å². The van der Waals surface area contributed by atoms with Crippen molar-refractivity contribution in [1.29, 1.82) is 0 Å². The van der Waals surface area contributed by atoms with Gasteiger partial charge in [-0.3, -0.25) is 9.69 Å². The Kier molecular flexibility index (Phi) is 5.32. The average molecular weight is 407 g/mol. The van der Waals surface area contributed by atoms with Gasteiger partial charge in [0.2, 0.25) is 0 Å². The van der Waals surface area contributed by atoms with Crippen molar-refractivity contribution in [3.63, 3.8) is 0 Å². The molecular weight excluding hydrogens is 388 g/mol. The fourth-order valence-corrected chi connectivity index (χ4v) is 4.68. The van der Waals surface area contributed by atoms with Gasteiger partial charge in [-0.1, -0.05) is 30.3 Å². The van der Waals surface area contributed by atoms with Crippen molar-refractivity contribution in [3.8, 4) is 16.9 Å². The highest BCUT2D eigenvalue weighted by Crippen LogP contribution is 2.35. The molecule has 0 atom stereocenters. The molecule has 140 valence electrons. The highest BCUT2D eigenvalue weighted by Gasteiger charge is 2.30. The van der Waals surface area contributed by atoms with Crippen LogP contribution in [0.4, 0.5) is 5.69 Å². The summed E-state index contributed by atoms with van der Waals surface area (Å²) in [5, 5.41) is 2.78. The van der Waals surface area contributed by atoms with E-state index in [-0.39, 0.29) is 5.91 Å². The lowest BCUT2D eigenvalue weighted by Crippen LogP contribution is -2.23. The monoisotopic (exact) mass is 406 g/mol. The molecule has 2 heterocycles. The summed E-state index contributed by atoms with van der Waals surface area (Å²) in [6.45, 7) is 0. The Bertz CT molecular complexity index is 1070. The number of methoxy groups -OCH3 is 1. The van der Waals surface area contributed by atoms with Gasteiger partial charge in [0.1, 0.15) is 5.75 Å². The Hall–Kier alpha value is -2.83. The summed E-state index contributed by atoms with van der Waals surface area (Å²) in [5.41, 5.74) is 3.04. The zero-order chi connectivity index (χ0) is 19.5.